The van der Waals surface area contributed by atoms with Gasteiger partial charge in [0.1, 0.15) is 5.82 Å². The van der Waals surface area contributed by atoms with E-state index in [1.807, 2.05) is 41.3 Å². The number of aromatic hydroxyl groups is 2. The molecule has 0 radical (unpaired) electrons. The second-order valence-corrected chi connectivity index (χ2v) is 10.5. The number of nitrogens with zero attached hydrogens (tertiary/aromatic N) is 4. The third-order valence-corrected chi connectivity index (χ3v) is 7.72. The molecular weight excluding hydrogens is 558 g/mol. The van der Waals surface area contributed by atoms with E-state index >= 15 is 0 Å². The van der Waals surface area contributed by atoms with E-state index in [1.165, 1.54) is 4.68 Å². The van der Waals surface area contributed by atoms with Crippen LogP contribution in [-0.2, 0) is 6.54 Å². The van der Waals surface area contributed by atoms with E-state index in [0.29, 0.717) is 47.2 Å². The van der Waals surface area contributed by atoms with E-state index in [-0.39, 0.29) is 17.7 Å². The summed E-state index contributed by atoms with van der Waals surface area (Å²) in [6.45, 7) is 6.80. The lowest BCUT2D eigenvalue weighted by Crippen LogP contribution is -2.48. The summed E-state index contributed by atoms with van der Waals surface area (Å²) in [5, 5.41) is 22.4. The molecule has 5 rings (SSSR count). The molecule has 8 nitrogen and oxygen atoms in total. The summed E-state index contributed by atoms with van der Waals surface area (Å²) in [7, 11) is 0. The summed E-state index contributed by atoms with van der Waals surface area (Å²) in [5.41, 5.74) is 6.59. The Morgan fingerprint density at radius 1 is 1.03 bits per heavy atom. The highest BCUT2D eigenvalue weighted by molar-refractivity contribution is 9.10. The molecule has 1 aliphatic heterocycles. The first-order valence-corrected chi connectivity index (χ1v) is 13.1. The molecular formula is C27H27BrClN5O3. The van der Waals surface area contributed by atoms with Crippen LogP contribution in [0, 0.1) is 13.8 Å². The molecule has 0 unspecified atom stereocenters. The zero-order chi connectivity index (χ0) is 26.3. The first-order chi connectivity index (χ1) is 17.7. The molecule has 0 bridgehead atoms. The van der Waals surface area contributed by atoms with Gasteiger partial charge in [-0.25, -0.2) is 4.98 Å². The van der Waals surface area contributed by atoms with E-state index in [1.54, 1.807) is 26.0 Å². The Kier molecular flexibility index (Phi) is 7.02. The maximum atomic E-state index is 12.9. The summed E-state index contributed by atoms with van der Waals surface area (Å²) in [6, 6.07) is 15.0. The number of amides is 1. The van der Waals surface area contributed by atoms with Crippen molar-refractivity contribution in [3.8, 4) is 11.8 Å². The minimum atomic E-state index is -0.0630. The van der Waals surface area contributed by atoms with Crippen molar-refractivity contribution in [3.63, 3.8) is 0 Å². The summed E-state index contributed by atoms with van der Waals surface area (Å²) in [5.74, 6) is 0.320. The van der Waals surface area contributed by atoms with Crippen molar-refractivity contribution < 1.29 is 15.0 Å². The number of nitrogens with one attached hydrogen (secondary N) is 1. The van der Waals surface area contributed by atoms with Gasteiger partial charge in [0.05, 0.1) is 16.1 Å². The molecule has 2 aromatic carbocycles. The molecule has 10 heteroatoms. The third kappa shape index (κ3) is 4.99. The van der Waals surface area contributed by atoms with Crippen LogP contribution in [0.4, 0.5) is 5.82 Å². The van der Waals surface area contributed by atoms with Crippen LogP contribution >= 0.6 is 27.5 Å². The summed E-state index contributed by atoms with van der Waals surface area (Å²) in [6.07, 6.45) is 0. The Morgan fingerprint density at radius 2 is 1.70 bits per heavy atom. The quantitative estimate of drug-likeness (QED) is 0.294. The first kappa shape index (κ1) is 25.4. The van der Waals surface area contributed by atoms with E-state index in [2.05, 4.69) is 26.3 Å². The minimum Gasteiger partial charge on any atom is -0.493 e. The smallest absolute Gasteiger partial charge is 0.255 e. The summed E-state index contributed by atoms with van der Waals surface area (Å²) >= 11 is 9.76. The number of anilines is 1. The fourth-order valence-corrected chi connectivity index (χ4v) is 5.17. The van der Waals surface area contributed by atoms with E-state index in [4.69, 9.17) is 16.6 Å². The minimum absolute atomic E-state index is 0.0483. The molecule has 1 amide bonds. The van der Waals surface area contributed by atoms with Gasteiger partial charge in [-0.3, -0.25) is 15.1 Å². The molecule has 0 atom stereocenters. The predicted octanol–water partition coefficient (Wildman–Crippen LogP) is 5.31. The number of hydrogen-bond acceptors (Lipinski definition) is 6. The SMILES string of the molecule is Cc1c(C)c(O)n(Nc2cc(CN3CCN(C(=O)c4ccccc4Cl)CC3)c3ccc(Br)cc3n2)c1O. The van der Waals surface area contributed by atoms with Crippen LogP contribution in [0.5, 0.6) is 11.8 Å². The van der Waals surface area contributed by atoms with Crippen molar-refractivity contribution in [2.24, 2.45) is 0 Å². The number of aromatic nitrogens is 2. The fourth-order valence-electron chi connectivity index (χ4n) is 4.61. The Morgan fingerprint density at radius 3 is 2.38 bits per heavy atom. The van der Waals surface area contributed by atoms with Gasteiger partial charge in [-0.15, -0.1) is 0 Å². The number of halogens is 2. The second kappa shape index (κ2) is 10.2. The standard InChI is InChI=1S/C27H27BrClN5O3/c1-16-17(2)26(36)34(25(16)35)31-24-13-18(20-8-7-19(28)14-23(20)30-24)15-32-9-11-33(12-10-32)27(37)21-5-3-4-6-22(21)29/h3-8,13-14,35-36H,9-12,15H2,1-2H3,(H,30,31). The van der Waals surface area contributed by atoms with E-state index in [9.17, 15) is 15.0 Å². The molecule has 1 saturated heterocycles. The number of rotatable bonds is 5. The largest absolute Gasteiger partial charge is 0.493 e. The molecule has 4 aromatic rings. The van der Waals surface area contributed by atoms with Crippen molar-refractivity contribution in [2.45, 2.75) is 20.4 Å². The molecule has 3 heterocycles. The van der Waals surface area contributed by atoms with Crippen LogP contribution in [0.1, 0.15) is 27.0 Å². The first-order valence-electron chi connectivity index (χ1n) is 11.9. The van der Waals surface area contributed by atoms with Crippen molar-refractivity contribution in [3.05, 3.63) is 80.3 Å². The number of piperazine rings is 1. The Balaban J connectivity index is 1.37. The van der Waals surface area contributed by atoms with Gasteiger partial charge in [0.25, 0.3) is 5.91 Å². The Labute approximate surface area is 228 Å². The molecule has 0 aliphatic carbocycles. The van der Waals surface area contributed by atoms with Crippen molar-refractivity contribution >= 4 is 50.2 Å². The normalized spacial score (nSPS) is 14.3. The number of fused-ring (bicyclic) bond motifs is 1. The lowest BCUT2D eigenvalue weighted by molar-refractivity contribution is 0.0629. The monoisotopic (exact) mass is 583 g/mol. The van der Waals surface area contributed by atoms with Gasteiger partial charge in [-0.05, 0) is 49.7 Å². The third-order valence-electron chi connectivity index (χ3n) is 6.90. The van der Waals surface area contributed by atoms with Crippen LogP contribution < -0.4 is 5.43 Å². The van der Waals surface area contributed by atoms with Crippen LogP contribution in [0.25, 0.3) is 10.9 Å². The maximum Gasteiger partial charge on any atom is 0.255 e. The Bertz CT molecular complexity index is 1470. The zero-order valence-corrected chi connectivity index (χ0v) is 22.8. The van der Waals surface area contributed by atoms with Crippen LogP contribution in [-0.4, -0.2) is 61.8 Å². The van der Waals surface area contributed by atoms with Gasteiger partial charge in [0.2, 0.25) is 11.8 Å². The zero-order valence-electron chi connectivity index (χ0n) is 20.5. The Hall–Kier alpha value is -3.27. The molecule has 1 aliphatic rings. The number of pyridine rings is 1. The summed E-state index contributed by atoms with van der Waals surface area (Å²) < 4.78 is 2.14. The van der Waals surface area contributed by atoms with Crippen LogP contribution in [0.2, 0.25) is 5.02 Å². The summed E-state index contributed by atoms with van der Waals surface area (Å²) in [4.78, 5) is 21.8. The number of carbonyl (C=O) groups is 1. The molecule has 192 valence electrons. The average molecular weight is 585 g/mol. The van der Waals surface area contributed by atoms with Gasteiger partial charge in [-0.2, -0.15) is 4.68 Å². The molecule has 3 N–H and O–H groups in total. The topological polar surface area (TPSA) is 93.9 Å². The van der Waals surface area contributed by atoms with Crippen molar-refractivity contribution in [2.75, 3.05) is 31.6 Å². The lowest BCUT2D eigenvalue weighted by atomic mass is 10.1. The van der Waals surface area contributed by atoms with Gasteiger partial charge < -0.3 is 15.1 Å². The number of benzene rings is 2. The van der Waals surface area contributed by atoms with Crippen LogP contribution in [0.3, 0.4) is 0 Å². The number of hydrogen-bond donors (Lipinski definition) is 3. The van der Waals surface area contributed by atoms with Gasteiger partial charge in [0.15, 0.2) is 0 Å². The molecule has 0 saturated carbocycles. The predicted molar refractivity (Wildman–Crippen MR) is 148 cm³/mol. The van der Waals surface area contributed by atoms with Crippen molar-refractivity contribution in [1.82, 2.24) is 19.5 Å². The van der Waals surface area contributed by atoms with Gasteiger partial charge in [0, 0.05) is 53.7 Å². The van der Waals surface area contributed by atoms with Gasteiger partial charge >= 0.3 is 0 Å². The maximum absolute atomic E-state index is 12.9. The second-order valence-electron chi connectivity index (χ2n) is 9.22. The molecule has 1 fully saturated rings. The van der Waals surface area contributed by atoms with E-state index in [0.717, 1.165) is 34.0 Å². The average Bonchev–Trinajstić information content (AvgIpc) is 3.06. The van der Waals surface area contributed by atoms with Gasteiger partial charge in [-0.1, -0.05) is 45.7 Å². The van der Waals surface area contributed by atoms with Crippen LogP contribution in [0.15, 0.2) is 53.0 Å². The highest BCUT2D eigenvalue weighted by Gasteiger charge is 2.24. The highest BCUT2D eigenvalue weighted by Crippen LogP contribution is 2.33. The fraction of sp³-hybridized carbons (Fsp3) is 0.259. The van der Waals surface area contributed by atoms with E-state index < -0.39 is 0 Å². The highest BCUT2D eigenvalue weighted by atomic mass is 79.9. The lowest BCUT2D eigenvalue weighted by Gasteiger charge is -2.35. The molecule has 2 aromatic heterocycles. The molecule has 37 heavy (non-hydrogen) atoms. The molecule has 0 spiro atoms. The van der Waals surface area contributed by atoms with Crippen molar-refractivity contribution in [1.29, 1.82) is 0 Å². The number of carbonyl (C=O) groups excluding carboxylic acids is 1.